The van der Waals surface area contributed by atoms with Crippen molar-refractivity contribution in [3.05, 3.63) is 46.2 Å². The van der Waals surface area contributed by atoms with Gasteiger partial charge in [-0.05, 0) is 36.6 Å². The van der Waals surface area contributed by atoms with Crippen LogP contribution in [-0.2, 0) is 11.2 Å². The Kier molecular flexibility index (Phi) is 5.26. The number of rotatable bonds is 5. The molecule has 0 saturated heterocycles. The molecule has 4 nitrogen and oxygen atoms in total. The molecule has 1 amide bonds. The van der Waals surface area contributed by atoms with E-state index in [2.05, 4.69) is 16.8 Å². The van der Waals surface area contributed by atoms with Gasteiger partial charge in [0.15, 0.2) is 0 Å². The molecule has 0 fully saturated rings. The van der Waals surface area contributed by atoms with E-state index in [0.717, 1.165) is 17.8 Å². The monoisotopic (exact) mass is 289 g/mol. The molecule has 2 heterocycles. The number of allylic oxidation sites excluding steroid dienone is 3. The van der Waals surface area contributed by atoms with Crippen LogP contribution in [0.5, 0.6) is 0 Å². The lowest BCUT2D eigenvalue weighted by atomic mass is 10.1. The minimum absolute atomic E-state index is 0.134. The maximum Gasteiger partial charge on any atom is 0.245 e. The Hall–Kier alpha value is -1.72. The molecular formula is C15H19N3OS. The van der Waals surface area contributed by atoms with E-state index in [1.165, 1.54) is 11.8 Å². The van der Waals surface area contributed by atoms with E-state index >= 15 is 0 Å². The lowest BCUT2D eigenvalue weighted by molar-refractivity contribution is -0.132. The van der Waals surface area contributed by atoms with E-state index < -0.39 is 0 Å². The Labute approximate surface area is 123 Å². The average molecular weight is 289 g/mol. The predicted octanol–water partition coefficient (Wildman–Crippen LogP) is 2.16. The number of hydrogen-bond acceptors (Lipinski definition) is 4. The summed E-state index contributed by atoms with van der Waals surface area (Å²) in [5, 5.41) is 12.1. The van der Waals surface area contributed by atoms with Crippen LogP contribution >= 0.6 is 11.3 Å². The number of nitrogens with one attached hydrogen (secondary N) is 2. The van der Waals surface area contributed by atoms with E-state index in [9.17, 15) is 4.79 Å². The first-order valence-corrected chi connectivity index (χ1v) is 7.50. The third-order valence-corrected chi connectivity index (χ3v) is 4.35. The van der Waals surface area contributed by atoms with Crippen LogP contribution in [0.25, 0.3) is 0 Å². The fourth-order valence-corrected chi connectivity index (χ4v) is 3.34. The number of amides is 1. The SMILES string of the molecule is CNC1C(=O)N(C/C=C/C=C\C=N)CCc2ccsc21. The fourth-order valence-electron chi connectivity index (χ4n) is 2.29. The van der Waals surface area contributed by atoms with Gasteiger partial charge in [-0.25, -0.2) is 0 Å². The fraction of sp³-hybridized carbons (Fsp3) is 0.333. The molecule has 1 aromatic heterocycles. The Morgan fingerprint density at radius 2 is 2.35 bits per heavy atom. The standard InChI is InChI=1S/C15H19N3OS/c1-17-13-14-12(7-11-20-14)6-10-18(15(13)19)9-5-3-2-4-8-16/h2-5,7-8,11,13,16-17H,6,9-10H2,1H3/b4-2-,5-3+,16-8?. The molecule has 0 bridgehead atoms. The molecule has 2 N–H and O–H groups in total. The molecule has 0 spiro atoms. The highest BCUT2D eigenvalue weighted by Gasteiger charge is 2.29. The molecule has 20 heavy (non-hydrogen) atoms. The summed E-state index contributed by atoms with van der Waals surface area (Å²) in [6.45, 7) is 1.35. The molecule has 2 rings (SSSR count). The number of fused-ring (bicyclic) bond motifs is 1. The molecule has 1 unspecified atom stereocenters. The maximum absolute atomic E-state index is 12.5. The van der Waals surface area contributed by atoms with E-state index in [1.807, 2.05) is 24.1 Å². The number of carbonyl (C=O) groups is 1. The van der Waals surface area contributed by atoms with Crippen LogP contribution in [0.15, 0.2) is 35.8 Å². The van der Waals surface area contributed by atoms with E-state index in [-0.39, 0.29) is 11.9 Å². The van der Waals surface area contributed by atoms with Gasteiger partial charge < -0.3 is 15.6 Å². The van der Waals surface area contributed by atoms with Crippen LogP contribution in [0.3, 0.4) is 0 Å². The second kappa shape index (κ2) is 7.17. The second-order valence-corrected chi connectivity index (χ2v) is 5.49. The van der Waals surface area contributed by atoms with Gasteiger partial charge in [0.2, 0.25) is 5.91 Å². The van der Waals surface area contributed by atoms with Gasteiger partial charge in [0, 0.05) is 24.2 Å². The number of carbonyl (C=O) groups excluding carboxylic acids is 1. The van der Waals surface area contributed by atoms with E-state index in [4.69, 9.17) is 5.41 Å². The van der Waals surface area contributed by atoms with Gasteiger partial charge in [-0.3, -0.25) is 4.79 Å². The molecule has 1 aliphatic heterocycles. The van der Waals surface area contributed by atoms with Crippen molar-refractivity contribution in [1.29, 1.82) is 5.41 Å². The van der Waals surface area contributed by atoms with Crippen molar-refractivity contribution in [2.45, 2.75) is 12.5 Å². The van der Waals surface area contributed by atoms with Crippen molar-refractivity contribution < 1.29 is 4.79 Å². The van der Waals surface area contributed by atoms with Gasteiger partial charge in [-0.15, -0.1) is 11.3 Å². The van der Waals surface area contributed by atoms with E-state index in [0.29, 0.717) is 6.54 Å². The lowest BCUT2D eigenvalue weighted by Gasteiger charge is -2.22. The molecule has 0 saturated carbocycles. The molecular weight excluding hydrogens is 270 g/mol. The topological polar surface area (TPSA) is 56.2 Å². The van der Waals surface area contributed by atoms with Crippen molar-refractivity contribution in [3.63, 3.8) is 0 Å². The zero-order valence-corrected chi connectivity index (χ0v) is 12.3. The zero-order valence-electron chi connectivity index (χ0n) is 11.5. The van der Waals surface area contributed by atoms with Crippen LogP contribution in [0, 0.1) is 5.41 Å². The van der Waals surface area contributed by atoms with Crippen molar-refractivity contribution in [1.82, 2.24) is 10.2 Å². The van der Waals surface area contributed by atoms with Crippen molar-refractivity contribution >= 4 is 23.5 Å². The third kappa shape index (κ3) is 3.23. The Morgan fingerprint density at radius 3 is 3.10 bits per heavy atom. The second-order valence-electron chi connectivity index (χ2n) is 4.55. The molecule has 0 radical (unpaired) electrons. The minimum Gasteiger partial charge on any atom is -0.337 e. The van der Waals surface area contributed by atoms with Crippen LogP contribution in [0.2, 0.25) is 0 Å². The summed E-state index contributed by atoms with van der Waals surface area (Å²) in [5.41, 5.74) is 1.28. The normalized spacial score (nSPS) is 19.6. The zero-order chi connectivity index (χ0) is 14.4. The van der Waals surface area contributed by atoms with E-state index in [1.54, 1.807) is 23.5 Å². The number of nitrogens with zero attached hydrogens (tertiary/aromatic N) is 1. The quantitative estimate of drug-likeness (QED) is 0.644. The first-order chi connectivity index (χ1) is 9.77. The number of hydrogen-bond donors (Lipinski definition) is 2. The van der Waals surface area contributed by atoms with Gasteiger partial charge >= 0.3 is 0 Å². The summed E-state index contributed by atoms with van der Waals surface area (Å²) in [7, 11) is 1.83. The van der Waals surface area contributed by atoms with Gasteiger partial charge in [0.1, 0.15) is 6.04 Å². The predicted molar refractivity (Wildman–Crippen MR) is 83.5 cm³/mol. The first kappa shape index (κ1) is 14.7. The molecule has 1 aromatic rings. The maximum atomic E-state index is 12.5. The Balaban J connectivity index is 2.08. The molecule has 106 valence electrons. The number of thiophene rings is 1. The highest BCUT2D eigenvalue weighted by Crippen LogP contribution is 2.29. The molecule has 1 aliphatic rings. The molecule has 0 aromatic carbocycles. The van der Waals surface area contributed by atoms with Crippen molar-refractivity contribution in [2.24, 2.45) is 0 Å². The Bertz CT molecular complexity index is 533. The smallest absolute Gasteiger partial charge is 0.245 e. The van der Waals surface area contributed by atoms with Crippen LogP contribution < -0.4 is 5.32 Å². The van der Waals surface area contributed by atoms with Gasteiger partial charge in [-0.2, -0.15) is 0 Å². The first-order valence-electron chi connectivity index (χ1n) is 6.62. The minimum atomic E-state index is -0.224. The van der Waals surface area contributed by atoms with Gasteiger partial charge in [0.25, 0.3) is 0 Å². The highest BCUT2D eigenvalue weighted by atomic mass is 32.1. The van der Waals surface area contributed by atoms with Crippen LogP contribution in [0.4, 0.5) is 0 Å². The Morgan fingerprint density at radius 1 is 1.50 bits per heavy atom. The molecule has 1 atom stereocenters. The molecule has 0 aliphatic carbocycles. The van der Waals surface area contributed by atoms with Crippen molar-refractivity contribution in [3.8, 4) is 0 Å². The summed E-state index contributed by atoms with van der Waals surface area (Å²) in [4.78, 5) is 15.6. The van der Waals surface area contributed by atoms with Crippen LogP contribution in [0.1, 0.15) is 16.5 Å². The van der Waals surface area contributed by atoms with Crippen LogP contribution in [-0.4, -0.2) is 37.2 Å². The summed E-state index contributed by atoms with van der Waals surface area (Å²) >= 11 is 1.65. The average Bonchev–Trinajstić information content (AvgIpc) is 2.86. The lowest BCUT2D eigenvalue weighted by Crippen LogP contribution is -2.38. The summed E-state index contributed by atoms with van der Waals surface area (Å²) in [5.74, 6) is 0.134. The highest BCUT2D eigenvalue weighted by molar-refractivity contribution is 7.10. The molecule has 5 heteroatoms. The third-order valence-electron chi connectivity index (χ3n) is 3.32. The largest absolute Gasteiger partial charge is 0.337 e. The van der Waals surface area contributed by atoms with Crippen molar-refractivity contribution in [2.75, 3.05) is 20.1 Å². The summed E-state index contributed by atoms with van der Waals surface area (Å²) in [6.07, 6.45) is 9.40. The van der Waals surface area contributed by atoms with Gasteiger partial charge in [-0.1, -0.05) is 18.2 Å². The summed E-state index contributed by atoms with van der Waals surface area (Å²) < 4.78 is 0. The van der Waals surface area contributed by atoms with Gasteiger partial charge in [0.05, 0.1) is 0 Å². The summed E-state index contributed by atoms with van der Waals surface area (Å²) in [6, 6.07) is 1.89. The number of likely N-dealkylation sites (N-methyl/N-ethyl adjacent to an activating group) is 1.